The Hall–Kier alpha value is -1.69. The average Bonchev–Trinajstić information content (AvgIpc) is 2.92. The highest BCUT2D eigenvalue weighted by atomic mass is 16.5. The van der Waals surface area contributed by atoms with Crippen molar-refractivity contribution in [2.24, 2.45) is 0 Å². The third-order valence-electron chi connectivity index (χ3n) is 4.29. The zero-order valence-electron chi connectivity index (χ0n) is 13.0. The number of methoxy groups -OCH3 is 1. The number of nitrogens with zero attached hydrogens (tertiary/aromatic N) is 2. The lowest BCUT2D eigenvalue weighted by molar-refractivity contribution is -0.0156. The summed E-state index contributed by atoms with van der Waals surface area (Å²) >= 11 is 0. The monoisotopic (exact) mass is 301 g/mol. The van der Waals surface area contributed by atoms with Gasteiger partial charge in [0.1, 0.15) is 0 Å². The van der Waals surface area contributed by atoms with Crippen LogP contribution in [-0.2, 0) is 4.74 Å². The third-order valence-corrected chi connectivity index (χ3v) is 4.29. The van der Waals surface area contributed by atoms with Gasteiger partial charge in [0, 0.05) is 19.3 Å². The van der Waals surface area contributed by atoms with Gasteiger partial charge in [-0.1, -0.05) is 30.3 Å². The molecule has 1 heterocycles. The van der Waals surface area contributed by atoms with Crippen molar-refractivity contribution in [1.82, 2.24) is 15.1 Å². The molecule has 0 bridgehead atoms. The largest absolute Gasteiger partial charge is 0.391 e. The molecule has 1 aliphatic carbocycles. The van der Waals surface area contributed by atoms with Crippen LogP contribution in [0.2, 0.25) is 0 Å². The zero-order valence-corrected chi connectivity index (χ0v) is 13.0. The van der Waals surface area contributed by atoms with Crippen LogP contribution >= 0.6 is 0 Å². The van der Waals surface area contributed by atoms with E-state index in [-0.39, 0.29) is 24.2 Å². The molecule has 5 heteroatoms. The van der Waals surface area contributed by atoms with E-state index in [1.54, 1.807) is 7.11 Å². The van der Waals surface area contributed by atoms with Crippen LogP contribution in [0.3, 0.4) is 0 Å². The molecule has 1 saturated carbocycles. The van der Waals surface area contributed by atoms with Gasteiger partial charge in [0.05, 0.1) is 31.0 Å². The Balaban J connectivity index is 1.73. The predicted octanol–water partition coefficient (Wildman–Crippen LogP) is 1.84. The second-order valence-corrected chi connectivity index (χ2v) is 5.98. The van der Waals surface area contributed by atoms with Crippen LogP contribution in [0.1, 0.15) is 29.6 Å². The molecule has 1 aromatic carbocycles. The minimum Gasteiger partial charge on any atom is -0.391 e. The second kappa shape index (κ2) is 6.60. The highest BCUT2D eigenvalue weighted by Gasteiger charge is 2.42. The lowest BCUT2D eigenvalue weighted by Crippen LogP contribution is -2.55. The second-order valence-electron chi connectivity index (χ2n) is 5.98. The normalized spacial score (nSPS) is 25.7. The molecule has 22 heavy (non-hydrogen) atoms. The topological polar surface area (TPSA) is 59.3 Å². The number of rotatable bonds is 6. The average molecular weight is 301 g/mol. The Bertz CT molecular complexity index is 599. The summed E-state index contributed by atoms with van der Waals surface area (Å²) in [6.45, 7) is 2.61. The van der Waals surface area contributed by atoms with Crippen molar-refractivity contribution in [3.63, 3.8) is 0 Å². The fourth-order valence-electron chi connectivity index (χ4n) is 3.09. The van der Waals surface area contributed by atoms with Crippen LogP contribution in [-0.4, -0.2) is 40.7 Å². The molecule has 1 unspecified atom stereocenters. The number of hydrogen-bond acceptors (Lipinski definition) is 4. The highest BCUT2D eigenvalue weighted by Crippen LogP contribution is 2.34. The molecule has 0 saturated heterocycles. The smallest absolute Gasteiger partial charge is 0.0932 e. The van der Waals surface area contributed by atoms with Gasteiger partial charge in [-0.15, -0.1) is 0 Å². The number of aryl methyl sites for hydroxylation is 1. The molecule has 2 N–H and O–H groups in total. The lowest BCUT2D eigenvalue weighted by Gasteiger charge is -2.43. The first-order chi connectivity index (χ1) is 10.7. The van der Waals surface area contributed by atoms with Gasteiger partial charge >= 0.3 is 0 Å². The molecule has 4 atom stereocenters. The summed E-state index contributed by atoms with van der Waals surface area (Å²) in [6, 6.07) is 10.6. The number of aromatic nitrogens is 2. The van der Waals surface area contributed by atoms with Crippen molar-refractivity contribution in [1.29, 1.82) is 0 Å². The van der Waals surface area contributed by atoms with Crippen LogP contribution in [0, 0.1) is 6.92 Å². The summed E-state index contributed by atoms with van der Waals surface area (Å²) < 4.78 is 7.22. The summed E-state index contributed by atoms with van der Waals surface area (Å²) in [5.74, 6) is 0. The van der Waals surface area contributed by atoms with Crippen LogP contribution in [0.5, 0.6) is 0 Å². The fraction of sp³-hybridized carbons (Fsp3) is 0.471. The molecule has 2 aromatic rings. The summed E-state index contributed by atoms with van der Waals surface area (Å²) in [5, 5.41) is 18.1. The summed E-state index contributed by atoms with van der Waals surface area (Å²) in [6.07, 6.45) is 4.19. The molecule has 3 rings (SSSR count). The maximum Gasteiger partial charge on any atom is 0.0932 e. The Labute approximate surface area is 130 Å². The maximum atomic E-state index is 10.1. The first-order valence-electron chi connectivity index (χ1n) is 7.68. The first kappa shape index (κ1) is 15.2. The number of aliphatic hydroxyl groups excluding tert-OH is 1. The van der Waals surface area contributed by atoms with Gasteiger partial charge in [-0.05, 0) is 24.5 Å². The molecule has 0 spiro atoms. The van der Waals surface area contributed by atoms with Gasteiger partial charge in [-0.3, -0.25) is 4.68 Å². The summed E-state index contributed by atoms with van der Waals surface area (Å²) in [4.78, 5) is 0. The number of aliphatic hydroxyl groups is 1. The molecule has 0 aliphatic heterocycles. The third kappa shape index (κ3) is 3.06. The number of hydrogen-bond donors (Lipinski definition) is 2. The molecule has 0 amide bonds. The van der Waals surface area contributed by atoms with Crippen molar-refractivity contribution >= 4 is 0 Å². The molecule has 118 valence electrons. The van der Waals surface area contributed by atoms with Gasteiger partial charge in [-0.2, -0.15) is 5.10 Å². The predicted molar refractivity (Wildman–Crippen MR) is 84.6 cm³/mol. The fourth-order valence-corrected chi connectivity index (χ4v) is 3.09. The van der Waals surface area contributed by atoms with Gasteiger partial charge in [0.2, 0.25) is 0 Å². The van der Waals surface area contributed by atoms with E-state index in [0.717, 1.165) is 12.0 Å². The van der Waals surface area contributed by atoms with Crippen LogP contribution in [0.25, 0.3) is 0 Å². The van der Waals surface area contributed by atoms with E-state index in [2.05, 4.69) is 22.5 Å². The van der Waals surface area contributed by atoms with E-state index in [1.165, 1.54) is 5.56 Å². The number of benzene rings is 1. The minimum absolute atomic E-state index is 0.0169. The van der Waals surface area contributed by atoms with E-state index in [4.69, 9.17) is 4.74 Å². The maximum absolute atomic E-state index is 10.1. The van der Waals surface area contributed by atoms with Crippen LogP contribution in [0.4, 0.5) is 0 Å². The van der Waals surface area contributed by atoms with E-state index in [1.807, 2.05) is 42.2 Å². The molecule has 1 aliphatic rings. The Morgan fingerprint density at radius 2 is 2.18 bits per heavy atom. The molecule has 0 radical (unpaired) electrons. The van der Waals surface area contributed by atoms with E-state index in [9.17, 15) is 5.11 Å². The first-order valence-corrected chi connectivity index (χ1v) is 7.68. The zero-order chi connectivity index (χ0) is 15.5. The summed E-state index contributed by atoms with van der Waals surface area (Å²) in [7, 11) is 1.71. The van der Waals surface area contributed by atoms with Crippen LogP contribution in [0.15, 0.2) is 42.7 Å². The Kier molecular flexibility index (Phi) is 4.57. The van der Waals surface area contributed by atoms with Gasteiger partial charge in [0.25, 0.3) is 0 Å². The summed E-state index contributed by atoms with van der Waals surface area (Å²) in [5.41, 5.74) is 2.30. The van der Waals surface area contributed by atoms with Crippen molar-refractivity contribution in [3.8, 4) is 0 Å². The molecular formula is C17H23N3O2. The van der Waals surface area contributed by atoms with Gasteiger partial charge < -0.3 is 15.2 Å². The quantitative estimate of drug-likeness (QED) is 0.855. The van der Waals surface area contributed by atoms with E-state index in [0.29, 0.717) is 6.61 Å². The van der Waals surface area contributed by atoms with Gasteiger partial charge in [-0.25, -0.2) is 0 Å². The SMILES string of the molecule is COCC(N[C@H]1C[C@@H](O)[C@@H]1n1cc(C)cn1)c1ccccc1. The lowest BCUT2D eigenvalue weighted by atomic mass is 9.82. The number of ether oxygens (including phenoxy) is 1. The van der Waals surface area contributed by atoms with Crippen molar-refractivity contribution in [2.45, 2.75) is 37.6 Å². The van der Waals surface area contributed by atoms with Crippen molar-refractivity contribution in [3.05, 3.63) is 53.9 Å². The van der Waals surface area contributed by atoms with Crippen molar-refractivity contribution in [2.75, 3.05) is 13.7 Å². The van der Waals surface area contributed by atoms with E-state index < -0.39 is 0 Å². The molecular weight excluding hydrogens is 278 g/mol. The van der Waals surface area contributed by atoms with Crippen LogP contribution < -0.4 is 5.32 Å². The van der Waals surface area contributed by atoms with Gasteiger partial charge in [0.15, 0.2) is 0 Å². The number of nitrogens with one attached hydrogen (secondary N) is 1. The highest BCUT2D eigenvalue weighted by molar-refractivity contribution is 5.20. The molecule has 1 fully saturated rings. The standard InChI is InChI=1S/C17H23N3O2/c1-12-9-18-20(10-12)17-14(8-16(17)21)19-15(11-22-2)13-6-4-3-5-7-13/h3-7,9-10,14-17,19,21H,8,11H2,1-2H3/t14-,15?,16+,17+/m0/s1. The van der Waals surface area contributed by atoms with Crippen molar-refractivity contribution < 1.29 is 9.84 Å². The Morgan fingerprint density at radius 3 is 2.77 bits per heavy atom. The molecule has 1 aromatic heterocycles. The minimum atomic E-state index is -0.351. The molecule has 5 nitrogen and oxygen atoms in total. The Morgan fingerprint density at radius 1 is 1.41 bits per heavy atom. The van der Waals surface area contributed by atoms with E-state index >= 15 is 0 Å².